The molecule has 3 heteroatoms. The van der Waals surface area contributed by atoms with E-state index in [2.05, 4.69) is 6.92 Å². The Bertz CT molecular complexity index is 574. The molecular weight excluding hydrogens is 267 g/mol. The quantitative estimate of drug-likeness (QED) is 0.858. The zero-order valence-electron chi connectivity index (χ0n) is 12.2. The van der Waals surface area contributed by atoms with Gasteiger partial charge < -0.3 is 10.2 Å². The highest BCUT2D eigenvalue weighted by molar-refractivity contribution is 5.32. The van der Waals surface area contributed by atoms with E-state index >= 15 is 0 Å². The normalized spacial score (nSPS) is 11.6. The Hall–Kier alpha value is -1.71. The third kappa shape index (κ3) is 3.31. The third-order valence-electron chi connectivity index (χ3n) is 4.02. The van der Waals surface area contributed by atoms with Gasteiger partial charge in [0.15, 0.2) is 0 Å². The number of aryl methyl sites for hydroxylation is 1. The second-order valence-electron chi connectivity index (χ2n) is 5.42. The Labute approximate surface area is 124 Å². The first kappa shape index (κ1) is 15.7. The van der Waals surface area contributed by atoms with Crippen LogP contribution in [-0.2, 0) is 18.3 Å². The topological polar surface area (TPSA) is 40.5 Å². The van der Waals surface area contributed by atoms with Crippen LogP contribution >= 0.6 is 0 Å². The zero-order valence-corrected chi connectivity index (χ0v) is 12.2. The summed E-state index contributed by atoms with van der Waals surface area (Å²) in [5, 5.41) is 19.6. The van der Waals surface area contributed by atoms with Crippen LogP contribution in [0.15, 0.2) is 48.5 Å². The molecule has 0 atom stereocenters. The Morgan fingerprint density at radius 2 is 1.48 bits per heavy atom. The van der Waals surface area contributed by atoms with Crippen LogP contribution in [0.1, 0.15) is 23.6 Å². The fraction of sp³-hybridized carbons (Fsp3) is 0.333. The van der Waals surface area contributed by atoms with Crippen molar-refractivity contribution in [2.75, 3.05) is 13.2 Å². The van der Waals surface area contributed by atoms with Gasteiger partial charge >= 0.3 is 0 Å². The van der Waals surface area contributed by atoms with E-state index in [1.807, 2.05) is 24.3 Å². The van der Waals surface area contributed by atoms with E-state index in [4.69, 9.17) is 0 Å². The van der Waals surface area contributed by atoms with Crippen LogP contribution in [0.25, 0.3) is 0 Å². The molecule has 0 saturated heterocycles. The molecule has 0 amide bonds. The average molecular weight is 288 g/mol. The van der Waals surface area contributed by atoms with Crippen LogP contribution in [0, 0.1) is 5.82 Å². The minimum atomic E-state index is -1.00. The molecule has 0 radical (unpaired) electrons. The molecule has 112 valence electrons. The summed E-state index contributed by atoms with van der Waals surface area (Å²) in [7, 11) is 0. The van der Waals surface area contributed by atoms with Crippen molar-refractivity contribution in [3.05, 3.63) is 71.0 Å². The highest BCUT2D eigenvalue weighted by Gasteiger charge is 2.33. The predicted octanol–water partition coefficient (Wildman–Crippen LogP) is 2.85. The van der Waals surface area contributed by atoms with Crippen molar-refractivity contribution in [3.8, 4) is 0 Å². The summed E-state index contributed by atoms with van der Waals surface area (Å²) in [5.41, 5.74) is 1.55. The maximum Gasteiger partial charge on any atom is 0.127 e. The lowest BCUT2D eigenvalue weighted by atomic mass is 9.76. The fourth-order valence-corrected chi connectivity index (χ4v) is 2.60. The molecular formula is C18H21FO2. The number of aliphatic hydroxyl groups excluding tert-OH is 2. The first-order valence-corrected chi connectivity index (χ1v) is 7.20. The number of rotatable bonds is 6. The summed E-state index contributed by atoms with van der Waals surface area (Å²) >= 11 is 0. The van der Waals surface area contributed by atoms with Crippen molar-refractivity contribution in [2.24, 2.45) is 0 Å². The second-order valence-corrected chi connectivity index (χ2v) is 5.42. The highest BCUT2D eigenvalue weighted by Crippen LogP contribution is 2.30. The lowest BCUT2D eigenvalue weighted by Gasteiger charge is -2.31. The average Bonchev–Trinajstić information content (AvgIpc) is 2.54. The number of hydrogen-bond acceptors (Lipinski definition) is 2. The van der Waals surface area contributed by atoms with Gasteiger partial charge in [0.2, 0.25) is 0 Å². The number of benzene rings is 2. The van der Waals surface area contributed by atoms with Gasteiger partial charge in [0.1, 0.15) is 5.82 Å². The van der Waals surface area contributed by atoms with Crippen molar-refractivity contribution < 1.29 is 14.6 Å². The molecule has 2 aromatic rings. The zero-order chi connectivity index (χ0) is 15.3. The Balaban J connectivity index is 2.36. The molecule has 0 heterocycles. The minimum Gasteiger partial charge on any atom is -0.395 e. The molecule has 0 aliphatic rings. The van der Waals surface area contributed by atoms with Crippen LogP contribution in [0.2, 0.25) is 0 Å². The lowest BCUT2D eigenvalue weighted by Crippen LogP contribution is -2.38. The molecule has 0 aliphatic heterocycles. The van der Waals surface area contributed by atoms with E-state index in [1.54, 1.807) is 18.2 Å². The van der Waals surface area contributed by atoms with Crippen molar-refractivity contribution in [1.29, 1.82) is 0 Å². The third-order valence-corrected chi connectivity index (χ3v) is 4.02. The Morgan fingerprint density at radius 1 is 0.905 bits per heavy atom. The first-order valence-electron chi connectivity index (χ1n) is 7.20. The summed E-state index contributed by atoms with van der Waals surface area (Å²) < 4.78 is 14.1. The number of halogens is 1. The van der Waals surface area contributed by atoms with Gasteiger partial charge in [-0.15, -0.1) is 0 Å². The molecule has 0 bridgehead atoms. The molecule has 0 spiro atoms. The predicted molar refractivity (Wildman–Crippen MR) is 81.8 cm³/mol. The van der Waals surface area contributed by atoms with Gasteiger partial charge in [0.05, 0.1) is 13.2 Å². The largest absolute Gasteiger partial charge is 0.395 e. The molecule has 0 aromatic heterocycles. The summed E-state index contributed by atoms with van der Waals surface area (Å²) in [6.45, 7) is 1.47. The summed E-state index contributed by atoms with van der Waals surface area (Å²) in [5.74, 6) is -0.397. The molecule has 21 heavy (non-hydrogen) atoms. The summed E-state index contributed by atoms with van der Waals surface area (Å²) in [6.07, 6.45) is 1.35. The Morgan fingerprint density at radius 3 is 2.00 bits per heavy atom. The number of hydrogen-bond donors (Lipinski definition) is 2. The van der Waals surface area contributed by atoms with Crippen molar-refractivity contribution in [3.63, 3.8) is 0 Å². The van der Waals surface area contributed by atoms with Crippen LogP contribution in [0.4, 0.5) is 4.39 Å². The molecule has 0 unspecified atom stereocenters. The van der Waals surface area contributed by atoms with Crippen molar-refractivity contribution in [2.45, 2.75) is 25.2 Å². The van der Waals surface area contributed by atoms with Crippen LogP contribution < -0.4 is 0 Å². The smallest absolute Gasteiger partial charge is 0.127 e. The van der Waals surface area contributed by atoms with Gasteiger partial charge in [-0.2, -0.15) is 0 Å². The van der Waals surface area contributed by atoms with Gasteiger partial charge in [-0.05, 0) is 35.6 Å². The first-order chi connectivity index (χ1) is 10.1. The van der Waals surface area contributed by atoms with Gasteiger partial charge in [-0.25, -0.2) is 4.39 Å². The highest BCUT2D eigenvalue weighted by atomic mass is 19.1. The molecule has 2 rings (SSSR count). The molecule has 0 fully saturated rings. The van der Waals surface area contributed by atoms with Gasteiger partial charge in [0.25, 0.3) is 0 Å². The van der Waals surface area contributed by atoms with Gasteiger partial charge in [-0.3, -0.25) is 0 Å². The number of aliphatic hydroxyl groups is 2. The van der Waals surface area contributed by atoms with Crippen LogP contribution in [0.3, 0.4) is 0 Å². The standard InChI is InChI=1S/C18H21FO2/c1-2-14-7-9-15(10-8-14)11-18(12-20,13-21)16-5-3-4-6-17(16)19/h3-10,20-21H,2,11-13H2,1H3. The minimum absolute atomic E-state index is 0.306. The molecule has 0 saturated carbocycles. The second kappa shape index (κ2) is 6.83. The maximum atomic E-state index is 14.1. The van der Waals surface area contributed by atoms with E-state index in [1.165, 1.54) is 11.6 Å². The van der Waals surface area contributed by atoms with E-state index in [-0.39, 0.29) is 13.2 Å². The Kier molecular flexibility index (Phi) is 5.10. The van der Waals surface area contributed by atoms with Gasteiger partial charge in [0, 0.05) is 5.41 Å². The lowest BCUT2D eigenvalue weighted by molar-refractivity contribution is 0.113. The van der Waals surface area contributed by atoms with E-state index in [9.17, 15) is 14.6 Å². The molecule has 2 N–H and O–H groups in total. The maximum absolute atomic E-state index is 14.1. The van der Waals surface area contributed by atoms with Crippen molar-refractivity contribution in [1.82, 2.24) is 0 Å². The van der Waals surface area contributed by atoms with E-state index in [0.717, 1.165) is 12.0 Å². The SMILES string of the molecule is CCc1ccc(CC(CO)(CO)c2ccccc2F)cc1. The molecule has 0 aliphatic carbocycles. The van der Waals surface area contributed by atoms with Gasteiger partial charge in [-0.1, -0.05) is 49.4 Å². The monoisotopic (exact) mass is 288 g/mol. The van der Waals surface area contributed by atoms with Crippen LogP contribution in [-0.4, -0.2) is 23.4 Å². The van der Waals surface area contributed by atoms with Crippen molar-refractivity contribution >= 4 is 0 Å². The summed E-state index contributed by atoms with van der Waals surface area (Å²) in [4.78, 5) is 0. The van der Waals surface area contributed by atoms with E-state index in [0.29, 0.717) is 12.0 Å². The molecule has 2 nitrogen and oxygen atoms in total. The molecule has 2 aromatic carbocycles. The van der Waals surface area contributed by atoms with E-state index < -0.39 is 11.2 Å². The summed E-state index contributed by atoms with van der Waals surface area (Å²) in [6, 6.07) is 14.3. The fourth-order valence-electron chi connectivity index (χ4n) is 2.60. The van der Waals surface area contributed by atoms with Crippen LogP contribution in [0.5, 0.6) is 0 Å².